The number of carbonyl (C=O) groups excluding carboxylic acids is 1. The molecule has 8 nitrogen and oxygen atoms in total. The zero-order chi connectivity index (χ0) is 21.5. The zero-order valence-electron chi connectivity index (χ0n) is 17.0. The molecule has 1 aromatic carbocycles. The lowest BCUT2D eigenvalue weighted by atomic mass is 10.2. The highest BCUT2D eigenvalue weighted by atomic mass is 32.2. The molecule has 0 spiro atoms. The predicted octanol–water partition coefficient (Wildman–Crippen LogP) is 4.02. The number of nitrogens with one attached hydrogen (secondary N) is 1. The molecule has 0 atom stereocenters. The molecule has 0 aliphatic heterocycles. The van der Waals surface area contributed by atoms with Crippen molar-refractivity contribution in [2.75, 3.05) is 24.4 Å². The molecule has 0 saturated carbocycles. The molecule has 3 aromatic rings. The maximum absolute atomic E-state index is 12.3. The number of aromatic nitrogens is 5. The normalized spacial score (nSPS) is 11.1. The van der Waals surface area contributed by atoms with Gasteiger partial charge in [-0.2, -0.15) is 0 Å². The van der Waals surface area contributed by atoms with Crippen molar-refractivity contribution in [3.05, 3.63) is 30.1 Å². The van der Waals surface area contributed by atoms with Crippen molar-refractivity contribution in [3.8, 4) is 16.3 Å². The van der Waals surface area contributed by atoms with E-state index in [0.717, 1.165) is 23.1 Å². The Hall–Kier alpha value is -2.53. The summed E-state index contributed by atoms with van der Waals surface area (Å²) in [5.41, 5.74) is 0.840. The third kappa shape index (κ3) is 5.54. The van der Waals surface area contributed by atoms with Gasteiger partial charge in [-0.05, 0) is 31.2 Å². The van der Waals surface area contributed by atoms with E-state index in [1.165, 1.54) is 23.1 Å². The molecular weight excluding hydrogens is 427 g/mol. The number of thioether (sulfide) groups is 1. The average Bonchev–Trinajstić information content (AvgIpc) is 3.37. The number of ether oxygens (including phenoxy) is 1. The fourth-order valence-corrected chi connectivity index (χ4v) is 4.23. The molecule has 0 fully saturated rings. The second-order valence-corrected chi connectivity index (χ2v) is 8.47. The number of amides is 1. The molecule has 2 heterocycles. The van der Waals surface area contributed by atoms with Crippen LogP contribution in [0.2, 0.25) is 0 Å². The number of hydrogen-bond donors (Lipinski definition) is 1. The van der Waals surface area contributed by atoms with Gasteiger partial charge in [-0.1, -0.05) is 36.9 Å². The highest BCUT2D eigenvalue weighted by Crippen LogP contribution is 2.28. The first-order chi connectivity index (χ1) is 14.5. The van der Waals surface area contributed by atoms with Gasteiger partial charge in [-0.15, -0.1) is 20.4 Å². The van der Waals surface area contributed by atoms with E-state index < -0.39 is 6.67 Å². The number of rotatable bonds is 10. The number of nitrogens with zero attached hydrogens (tertiary/aromatic N) is 5. The fraction of sp³-hybridized carbons (Fsp3) is 0.421. The van der Waals surface area contributed by atoms with Gasteiger partial charge < -0.3 is 9.30 Å². The van der Waals surface area contributed by atoms with Crippen molar-refractivity contribution in [3.63, 3.8) is 0 Å². The first-order valence-electron chi connectivity index (χ1n) is 9.50. The molecule has 0 aliphatic carbocycles. The maximum Gasteiger partial charge on any atom is 0.236 e. The molecule has 160 valence electrons. The maximum atomic E-state index is 12.3. The van der Waals surface area contributed by atoms with Crippen LogP contribution in [0.4, 0.5) is 9.52 Å². The minimum absolute atomic E-state index is 0.0275. The molecule has 2 aromatic heterocycles. The van der Waals surface area contributed by atoms with Gasteiger partial charge >= 0.3 is 0 Å². The molecule has 0 radical (unpaired) electrons. The van der Waals surface area contributed by atoms with Crippen molar-refractivity contribution in [2.24, 2.45) is 0 Å². The Labute approximate surface area is 182 Å². The molecule has 0 unspecified atom stereocenters. The SMILES string of the molecule is CCn1c(SCC(=O)Nc2nnc(-c3ccc(OCCF)cc3)s2)nnc1C(C)C. The van der Waals surface area contributed by atoms with Crippen LogP contribution in [0.25, 0.3) is 10.6 Å². The van der Waals surface area contributed by atoms with Crippen LogP contribution in [0.1, 0.15) is 32.5 Å². The van der Waals surface area contributed by atoms with Crippen molar-refractivity contribution < 1.29 is 13.9 Å². The van der Waals surface area contributed by atoms with E-state index in [1.807, 2.05) is 23.6 Å². The third-order valence-electron chi connectivity index (χ3n) is 4.03. The van der Waals surface area contributed by atoms with Crippen LogP contribution in [0.5, 0.6) is 5.75 Å². The Morgan fingerprint density at radius 1 is 1.23 bits per heavy atom. The lowest BCUT2D eigenvalue weighted by molar-refractivity contribution is -0.113. The van der Waals surface area contributed by atoms with E-state index in [9.17, 15) is 9.18 Å². The van der Waals surface area contributed by atoms with E-state index in [-0.39, 0.29) is 24.2 Å². The van der Waals surface area contributed by atoms with Crippen LogP contribution in [-0.2, 0) is 11.3 Å². The van der Waals surface area contributed by atoms with Gasteiger partial charge in [-0.3, -0.25) is 10.1 Å². The number of anilines is 1. The summed E-state index contributed by atoms with van der Waals surface area (Å²) in [7, 11) is 0. The van der Waals surface area contributed by atoms with Gasteiger partial charge in [0.15, 0.2) is 5.16 Å². The summed E-state index contributed by atoms with van der Waals surface area (Å²) in [6, 6.07) is 7.13. The minimum Gasteiger partial charge on any atom is -0.491 e. The van der Waals surface area contributed by atoms with Gasteiger partial charge in [0.2, 0.25) is 11.0 Å². The summed E-state index contributed by atoms with van der Waals surface area (Å²) in [5, 5.41) is 21.2. The summed E-state index contributed by atoms with van der Waals surface area (Å²) in [6.07, 6.45) is 0. The number of benzene rings is 1. The Bertz CT molecular complexity index is 974. The summed E-state index contributed by atoms with van der Waals surface area (Å²) < 4.78 is 19.4. The zero-order valence-corrected chi connectivity index (χ0v) is 18.6. The fourth-order valence-electron chi connectivity index (χ4n) is 2.66. The number of hydrogen-bond acceptors (Lipinski definition) is 8. The standard InChI is InChI=1S/C19H23FN6O2S2/c1-4-26-16(12(2)3)22-25-19(26)29-11-15(27)21-18-24-23-17(30-18)13-5-7-14(8-6-13)28-10-9-20/h5-8,12H,4,9-11H2,1-3H3,(H,21,24,27). The van der Waals surface area contributed by atoms with Gasteiger partial charge in [0.1, 0.15) is 29.9 Å². The minimum atomic E-state index is -0.533. The smallest absolute Gasteiger partial charge is 0.236 e. The second-order valence-electron chi connectivity index (χ2n) is 6.55. The lowest BCUT2D eigenvalue weighted by Crippen LogP contribution is -2.14. The van der Waals surface area contributed by atoms with Crippen molar-refractivity contribution in [1.29, 1.82) is 0 Å². The van der Waals surface area contributed by atoms with E-state index in [0.29, 0.717) is 15.9 Å². The van der Waals surface area contributed by atoms with Gasteiger partial charge in [0.05, 0.1) is 5.75 Å². The number of halogens is 1. The molecular formula is C19H23FN6O2S2. The summed E-state index contributed by atoms with van der Waals surface area (Å²) in [6.45, 7) is 6.41. The first-order valence-corrected chi connectivity index (χ1v) is 11.3. The molecule has 0 bridgehead atoms. The Morgan fingerprint density at radius 3 is 2.67 bits per heavy atom. The topological polar surface area (TPSA) is 94.8 Å². The van der Waals surface area contributed by atoms with Crippen LogP contribution < -0.4 is 10.1 Å². The molecule has 3 rings (SSSR count). The number of carbonyl (C=O) groups is 1. The van der Waals surface area contributed by atoms with Crippen LogP contribution in [-0.4, -0.2) is 49.9 Å². The van der Waals surface area contributed by atoms with Gasteiger partial charge in [0, 0.05) is 18.0 Å². The van der Waals surface area contributed by atoms with Crippen molar-refractivity contribution in [2.45, 2.75) is 38.4 Å². The van der Waals surface area contributed by atoms with Gasteiger partial charge in [0.25, 0.3) is 0 Å². The van der Waals surface area contributed by atoms with E-state index in [4.69, 9.17) is 4.74 Å². The summed E-state index contributed by atoms with van der Waals surface area (Å²) in [5.74, 6) is 1.78. The highest BCUT2D eigenvalue weighted by Gasteiger charge is 2.16. The highest BCUT2D eigenvalue weighted by molar-refractivity contribution is 7.99. The van der Waals surface area contributed by atoms with E-state index >= 15 is 0 Å². The molecule has 0 saturated heterocycles. The van der Waals surface area contributed by atoms with Crippen LogP contribution in [0.15, 0.2) is 29.4 Å². The third-order valence-corrected chi connectivity index (χ3v) is 5.88. The van der Waals surface area contributed by atoms with Gasteiger partial charge in [-0.25, -0.2) is 4.39 Å². The van der Waals surface area contributed by atoms with Crippen LogP contribution in [0.3, 0.4) is 0 Å². The second kappa shape index (κ2) is 10.5. The first kappa shape index (κ1) is 22.2. The van der Waals surface area contributed by atoms with E-state index in [2.05, 4.69) is 39.6 Å². The monoisotopic (exact) mass is 450 g/mol. The Balaban J connectivity index is 1.56. The Morgan fingerprint density at radius 2 is 2.00 bits per heavy atom. The van der Waals surface area contributed by atoms with Crippen LogP contribution >= 0.6 is 23.1 Å². The van der Waals surface area contributed by atoms with Crippen molar-refractivity contribution in [1.82, 2.24) is 25.0 Å². The Kier molecular flexibility index (Phi) is 7.75. The summed E-state index contributed by atoms with van der Waals surface area (Å²) in [4.78, 5) is 12.3. The molecule has 1 amide bonds. The predicted molar refractivity (Wildman–Crippen MR) is 116 cm³/mol. The summed E-state index contributed by atoms with van der Waals surface area (Å²) >= 11 is 2.62. The van der Waals surface area contributed by atoms with E-state index in [1.54, 1.807) is 12.1 Å². The molecule has 1 N–H and O–H groups in total. The molecule has 11 heteroatoms. The molecule has 30 heavy (non-hydrogen) atoms. The number of alkyl halides is 1. The quantitative estimate of drug-likeness (QED) is 0.466. The average molecular weight is 451 g/mol. The largest absolute Gasteiger partial charge is 0.491 e. The van der Waals surface area contributed by atoms with Crippen LogP contribution in [0, 0.1) is 0 Å². The van der Waals surface area contributed by atoms with Crippen molar-refractivity contribution >= 4 is 34.1 Å². The lowest BCUT2D eigenvalue weighted by Gasteiger charge is -2.08. The molecule has 0 aliphatic rings.